The van der Waals surface area contributed by atoms with Gasteiger partial charge in [-0.1, -0.05) is 23.7 Å². The van der Waals surface area contributed by atoms with Crippen LogP contribution in [0.2, 0.25) is 5.02 Å². The summed E-state index contributed by atoms with van der Waals surface area (Å²) in [5, 5.41) is 0.226. The van der Waals surface area contributed by atoms with Crippen LogP contribution in [-0.4, -0.2) is 5.97 Å². The molecular weight excluding hydrogens is 269 g/mol. The largest absolute Gasteiger partial charge is 0.457 e. The second kappa shape index (κ2) is 5.71. The van der Waals surface area contributed by atoms with Crippen molar-refractivity contribution in [3.63, 3.8) is 0 Å². The van der Waals surface area contributed by atoms with E-state index < -0.39 is 5.97 Å². The molecule has 2 rings (SSSR count). The van der Waals surface area contributed by atoms with E-state index in [1.165, 1.54) is 24.3 Å². The molecule has 0 atom stereocenters. The maximum atomic E-state index is 12.9. The molecule has 0 spiro atoms. The third-order valence-electron chi connectivity index (χ3n) is 2.47. The number of anilines is 1. The molecule has 98 valence electrons. The summed E-state index contributed by atoms with van der Waals surface area (Å²) in [6.45, 7) is -0.0166. The predicted molar refractivity (Wildman–Crippen MR) is 71.4 cm³/mol. The number of hydrogen-bond acceptors (Lipinski definition) is 3. The number of nitrogen functional groups attached to an aromatic ring is 1. The monoisotopic (exact) mass is 279 g/mol. The van der Waals surface area contributed by atoms with Gasteiger partial charge in [0.1, 0.15) is 12.4 Å². The summed E-state index contributed by atoms with van der Waals surface area (Å²) in [7, 11) is 0. The third-order valence-corrected chi connectivity index (χ3v) is 2.78. The van der Waals surface area contributed by atoms with Crippen LogP contribution < -0.4 is 5.73 Å². The molecule has 0 unspecified atom stereocenters. The van der Waals surface area contributed by atoms with E-state index in [1.807, 2.05) is 0 Å². The van der Waals surface area contributed by atoms with E-state index in [1.54, 1.807) is 18.2 Å². The number of ether oxygens (including phenoxy) is 1. The van der Waals surface area contributed by atoms with Crippen molar-refractivity contribution in [1.82, 2.24) is 0 Å². The minimum absolute atomic E-state index is 0.0166. The number of esters is 1. The van der Waals surface area contributed by atoms with Crippen molar-refractivity contribution in [2.75, 3.05) is 5.73 Å². The van der Waals surface area contributed by atoms with Crippen molar-refractivity contribution in [2.24, 2.45) is 0 Å². The maximum absolute atomic E-state index is 12.9. The first-order valence-corrected chi connectivity index (χ1v) is 5.90. The highest BCUT2D eigenvalue weighted by Crippen LogP contribution is 2.20. The molecule has 2 N–H and O–H groups in total. The Morgan fingerprint density at radius 1 is 1.26 bits per heavy atom. The SMILES string of the molecule is Nc1ccc(C(=O)OCc2cccc(F)c2)c(Cl)c1. The van der Waals surface area contributed by atoms with E-state index in [2.05, 4.69) is 0 Å². The van der Waals surface area contributed by atoms with Gasteiger partial charge in [0.25, 0.3) is 0 Å². The zero-order chi connectivity index (χ0) is 13.8. The fourth-order valence-corrected chi connectivity index (χ4v) is 1.82. The van der Waals surface area contributed by atoms with Gasteiger partial charge in [0.2, 0.25) is 0 Å². The fourth-order valence-electron chi connectivity index (χ4n) is 1.55. The minimum atomic E-state index is -0.575. The Kier molecular flexibility index (Phi) is 4.02. The molecule has 3 nitrogen and oxygen atoms in total. The number of rotatable bonds is 3. The molecule has 19 heavy (non-hydrogen) atoms. The lowest BCUT2D eigenvalue weighted by Crippen LogP contribution is -2.06. The van der Waals surface area contributed by atoms with Gasteiger partial charge in [-0.3, -0.25) is 0 Å². The first-order valence-electron chi connectivity index (χ1n) is 5.53. The van der Waals surface area contributed by atoms with Crippen LogP contribution in [0.3, 0.4) is 0 Å². The van der Waals surface area contributed by atoms with Crippen LogP contribution in [0.1, 0.15) is 15.9 Å². The zero-order valence-electron chi connectivity index (χ0n) is 9.90. The average Bonchev–Trinajstić information content (AvgIpc) is 2.36. The van der Waals surface area contributed by atoms with E-state index in [0.29, 0.717) is 11.3 Å². The van der Waals surface area contributed by atoms with Crippen LogP contribution in [0.15, 0.2) is 42.5 Å². The van der Waals surface area contributed by atoms with Crippen molar-refractivity contribution >= 4 is 23.3 Å². The maximum Gasteiger partial charge on any atom is 0.339 e. The molecule has 0 aromatic heterocycles. The number of nitrogens with two attached hydrogens (primary N) is 1. The van der Waals surface area contributed by atoms with Crippen LogP contribution in [0, 0.1) is 5.82 Å². The van der Waals surface area contributed by atoms with E-state index in [0.717, 1.165) is 0 Å². The minimum Gasteiger partial charge on any atom is -0.457 e. The van der Waals surface area contributed by atoms with Gasteiger partial charge in [0.15, 0.2) is 0 Å². The summed E-state index contributed by atoms with van der Waals surface area (Å²) < 4.78 is 18.0. The molecular formula is C14H11ClFNO2. The number of benzene rings is 2. The zero-order valence-corrected chi connectivity index (χ0v) is 10.7. The first-order chi connectivity index (χ1) is 9.06. The molecule has 2 aromatic carbocycles. The van der Waals surface area contributed by atoms with Crippen molar-refractivity contribution in [3.8, 4) is 0 Å². The van der Waals surface area contributed by atoms with Gasteiger partial charge in [-0.2, -0.15) is 0 Å². The van der Waals surface area contributed by atoms with Gasteiger partial charge in [0, 0.05) is 5.69 Å². The van der Waals surface area contributed by atoms with Gasteiger partial charge in [-0.05, 0) is 35.9 Å². The molecule has 0 amide bonds. The van der Waals surface area contributed by atoms with E-state index in [9.17, 15) is 9.18 Å². The Bertz CT molecular complexity index is 616. The second-order valence-corrected chi connectivity index (χ2v) is 4.35. The Morgan fingerprint density at radius 2 is 2.05 bits per heavy atom. The van der Waals surface area contributed by atoms with Gasteiger partial charge >= 0.3 is 5.97 Å². The Labute approximate surface area is 114 Å². The van der Waals surface area contributed by atoms with Crippen molar-refractivity contribution in [3.05, 3.63) is 64.4 Å². The standard InChI is InChI=1S/C14H11ClFNO2/c15-13-7-11(17)4-5-12(13)14(18)19-8-9-2-1-3-10(16)6-9/h1-7H,8,17H2. The normalized spacial score (nSPS) is 10.2. The third kappa shape index (κ3) is 3.45. The average molecular weight is 280 g/mol. The molecule has 2 aromatic rings. The van der Waals surface area contributed by atoms with E-state index in [4.69, 9.17) is 22.1 Å². The summed E-state index contributed by atoms with van der Waals surface area (Å²) in [6, 6.07) is 10.4. The smallest absolute Gasteiger partial charge is 0.339 e. The van der Waals surface area contributed by atoms with Gasteiger partial charge in [0.05, 0.1) is 10.6 Å². The van der Waals surface area contributed by atoms with Gasteiger partial charge in [-0.15, -0.1) is 0 Å². The Balaban J connectivity index is 2.05. The lowest BCUT2D eigenvalue weighted by Gasteiger charge is -2.07. The topological polar surface area (TPSA) is 52.3 Å². The van der Waals surface area contributed by atoms with Crippen molar-refractivity contribution < 1.29 is 13.9 Å². The number of carbonyl (C=O) groups is 1. The highest BCUT2D eigenvalue weighted by molar-refractivity contribution is 6.33. The Morgan fingerprint density at radius 3 is 2.74 bits per heavy atom. The molecule has 0 aliphatic carbocycles. The Hall–Kier alpha value is -2.07. The van der Waals surface area contributed by atoms with E-state index >= 15 is 0 Å². The highest BCUT2D eigenvalue weighted by Gasteiger charge is 2.12. The summed E-state index contributed by atoms with van der Waals surface area (Å²) in [5.74, 6) is -0.951. The molecule has 0 saturated heterocycles. The quantitative estimate of drug-likeness (QED) is 0.692. The molecule has 0 radical (unpaired) electrons. The molecule has 0 aliphatic heterocycles. The lowest BCUT2D eigenvalue weighted by atomic mass is 10.2. The number of carbonyl (C=O) groups excluding carboxylic acids is 1. The van der Waals surface area contributed by atoms with Gasteiger partial charge < -0.3 is 10.5 Å². The molecule has 5 heteroatoms. The summed E-state index contributed by atoms with van der Waals surface area (Å²) in [6.07, 6.45) is 0. The fraction of sp³-hybridized carbons (Fsp3) is 0.0714. The van der Waals surface area contributed by atoms with Crippen LogP contribution >= 0.6 is 11.6 Å². The summed E-state index contributed by atoms with van der Waals surface area (Å²) >= 11 is 5.89. The highest BCUT2D eigenvalue weighted by atomic mass is 35.5. The molecule has 0 aliphatic rings. The van der Waals surface area contributed by atoms with E-state index in [-0.39, 0.29) is 23.0 Å². The summed E-state index contributed by atoms with van der Waals surface area (Å²) in [4.78, 5) is 11.8. The van der Waals surface area contributed by atoms with Crippen LogP contribution in [0.5, 0.6) is 0 Å². The summed E-state index contributed by atoms with van der Waals surface area (Å²) in [5.41, 5.74) is 6.79. The van der Waals surface area contributed by atoms with Crippen LogP contribution in [-0.2, 0) is 11.3 Å². The lowest BCUT2D eigenvalue weighted by molar-refractivity contribution is 0.0472. The van der Waals surface area contributed by atoms with Crippen LogP contribution in [0.25, 0.3) is 0 Å². The molecule has 0 heterocycles. The van der Waals surface area contributed by atoms with Crippen LogP contribution in [0.4, 0.5) is 10.1 Å². The second-order valence-electron chi connectivity index (χ2n) is 3.95. The first kappa shape index (κ1) is 13.4. The van der Waals surface area contributed by atoms with Gasteiger partial charge in [-0.25, -0.2) is 9.18 Å². The molecule has 0 bridgehead atoms. The molecule has 0 saturated carbocycles. The predicted octanol–water partition coefficient (Wildman–Crippen LogP) is 3.42. The number of hydrogen-bond donors (Lipinski definition) is 1. The van der Waals surface area contributed by atoms with Crippen molar-refractivity contribution in [1.29, 1.82) is 0 Å². The molecule has 0 fully saturated rings. The number of halogens is 2. The van der Waals surface area contributed by atoms with Crippen molar-refractivity contribution in [2.45, 2.75) is 6.61 Å².